The highest BCUT2D eigenvalue weighted by molar-refractivity contribution is 4.75. The smallest absolute Gasteiger partial charge is 0.00387 e. The molecule has 0 aliphatic carbocycles. The van der Waals surface area contributed by atoms with Crippen molar-refractivity contribution in [3.05, 3.63) is 0 Å². The van der Waals surface area contributed by atoms with Crippen molar-refractivity contribution in [1.29, 1.82) is 0 Å². The second kappa shape index (κ2) is 5.61. The number of nitrogens with zero attached hydrogens (tertiary/aromatic N) is 1. The molecular weight excluding hydrogens is 160 g/mol. The fourth-order valence-corrected chi connectivity index (χ4v) is 2.21. The molecule has 0 aromatic carbocycles. The molecule has 78 valence electrons. The van der Waals surface area contributed by atoms with Gasteiger partial charge < -0.3 is 10.6 Å². The van der Waals surface area contributed by atoms with Crippen molar-refractivity contribution in [2.24, 2.45) is 11.7 Å². The molecule has 1 atom stereocenters. The molecule has 0 radical (unpaired) electrons. The van der Waals surface area contributed by atoms with Crippen LogP contribution in [0.15, 0.2) is 0 Å². The standard InChI is InChI=1S/C11H24N2/c1-10(2)13-8-4-6-11(9-13)5-3-7-12/h10-11H,3-9,12H2,1-2H3. The lowest BCUT2D eigenvalue weighted by Gasteiger charge is -2.35. The summed E-state index contributed by atoms with van der Waals surface area (Å²) >= 11 is 0. The van der Waals surface area contributed by atoms with Gasteiger partial charge in [-0.2, -0.15) is 0 Å². The van der Waals surface area contributed by atoms with Crippen LogP contribution in [0, 0.1) is 5.92 Å². The van der Waals surface area contributed by atoms with Gasteiger partial charge in [0.25, 0.3) is 0 Å². The lowest BCUT2D eigenvalue weighted by atomic mass is 9.93. The zero-order valence-corrected chi connectivity index (χ0v) is 9.13. The van der Waals surface area contributed by atoms with E-state index in [9.17, 15) is 0 Å². The summed E-state index contributed by atoms with van der Waals surface area (Å²) in [5.41, 5.74) is 5.53. The molecule has 1 heterocycles. The van der Waals surface area contributed by atoms with Gasteiger partial charge in [0.05, 0.1) is 0 Å². The van der Waals surface area contributed by atoms with E-state index in [2.05, 4.69) is 18.7 Å². The summed E-state index contributed by atoms with van der Waals surface area (Å²) in [4.78, 5) is 2.60. The molecule has 1 saturated heterocycles. The second-order valence-electron chi connectivity index (χ2n) is 4.53. The van der Waals surface area contributed by atoms with Crippen LogP contribution in [-0.2, 0) is 0 Å². The number of nitrogens with two attached hydrogens (primary N) is 1. The van der Waals surface area contributed by atoms with Gasteiger partial charge in [-0.15, -0.1) is 0 Å². The molecule has 0 bridgehead atoms. The van der Waals surface area contributed by atoms with Crippen molar-refractivity contribution in [3.8, 4) is 0 Å². The van der Waals surface area contributed by atoms with Crippen molar-refractivity contribution >= 4 is 0 Å². The van der Waals surface area contributed by atoms with Gasteiger partial charge in [-0.3, -0.25) is 0 Å². The Balaban J connectivity index is 2.25. The first-order valence-electron chi connectivity index (χ1n) is 5.68. The van der Waals surface area contributed by atoms with E-state index in [1.807, 2.05) is 0 Å². The number of rotatable bonds is 4. The normalized spacial score (nSPS) is 25.4. The summed E-state index contributed by atoms with van der Waals surface area (Å²) in [6.07, 6.45) is 5.34. The Labute approximate surface area is 82.5 Å². The first-order valence-corrected chi connectivity index (χ1v) is 5.68. The molecule has 1 aliphatic rings. The molecule has 1 fully saturated rings. The monoisotopic (exact) mass is 184 g/mol. The van der Waals surface area contributed by atoms with Gasteiger partial charge in [0.15, 0.2) is 0 Å². The van der Waals surface area contributed by atoms with Crippen LogP contribution in [0.3, 0.4) is 0 Å². The average molecular weight is 184 g/mol. The topological polar surface area (TPSA) is 29.3 Å². The predicted molar refractivity (Wildman–Crippen MR) is 57.7 cm³/mol. The summed E-state index contributed by atoms with van der Waals surface area (Å²) in [7, 11) is 0. The van der Waals surface area contributed by atoms with Crippen LogP contribution in [-0.4, -0.2) is 30.6 Å². The van der Waals surface area contributed by atoms with Crippen LogP contribution in [0.2, 0.25) is 0 Å². The third-order valence-electron chi connectivity index (χ3n) is 3.10. The van der Waals surface area contributed by atoms with Crippen LogP contribution >= 0.6 is 0 Å². The van der Waals surface area contributed by atoms with E-state index in [4.69, 9.17) is 5.73 Å². The number of piperidine rings is 1. The molecule has 0 aromatic rings. The summed E-state index contributed by atoms with van der Waals surface area (Å²) in [6.45, 7) is 8.06. The predicted octanol–water partition coefficient (Wildman–Crippen LogP) is 1.85. The van der Waals surface area contributed by atoms with Gasteiger partial charge in [-0.05, 0) is 58.5 Å². The lowest BCUT2D eigenvalue weighted by Crippen LogP contribution is -2.40. The van der Waals surface area contributed by atoms with Crippen LogP contribution in [0.25, 0.3) is 0 Å². The van der Waals surface area contributed by atoms with E-state index in [-0.39, 0.29) is 0 Å². The quantitative estimate of drug-likeness (QED) is 0.722. The van der Waals surface area contributed by atoms with E-state index < -0.39 is 0 Å². The van der Waals surface area contributed by atoms with E-state index in [0.29, 0.717) is 0 Å². The zero-order valence-electron chi connectivity index (χ0n) is 9.13. The first kappa shape index (κ1) is 11.0. The summed E-state index contributed by atoms with van der Waals surface area (Å²) in [5.74, 6) is 0.916. The third kappa shape index (κ3) is 3.65. The SMILES string of the molecule is CC(C)N1CCCC(CCCN)C1. The van der Waals surface area contributed by atoms with Crippen molar-refractivity contribution in [1.82, 2.24) is 4.90 Å². The molecule has 0 amide bonds. The van der Waals surface area contributed by atoms with Gasteiger partial charge in [0.1, 0.15) is 0 Å². The van der Waals surface area contributed by atoms with Crippen LogP contribution in [0.1, 0.15) is 39.5 Å². The Kier molecular flexibility index (Phi) is 4.74. The molecule has 0 spiro atoms. The highest BCUT2D eigenvalue weighted by atomic mass is 15.2. The van der Waals surface area contributed by atoms with Crippen molar-refractivity contribution < 1.29 is 0 Å². The fraction of sp³-hybridized carbons (Fsp3) is 1.00. The maximum Gasteiger partial charge on any atom is 0.00387 e. The van der Waals surface area contributed by atoms with E-state index in [1.54, 1.807) is 0 Å². The molecule has 2 N–H and O–H groups in total. The lowest BCUT2D eigenvalue weighted by molar-refractivity contribution is 0.134. The van der Waals surface area contributed by atoms with Gasteiger partial charge >= 0.3 is 0 Å². The minimum atomic E-state index is 0.723. The number of likely N-dealkylation sites (tertiary alicyclic amines) is 1. The van der Waals surface area contributed by atoms with E-state index in [1.165, 1.54) is 38.8 Å². The Morgan fingerprint density at radius 3 is 2.85 bits per heavy atom. The van der Waals surface area contributed by atoms with Gasteiger partial charge in [0, 0.05) is 12.6 Å². The highest BCUT2D eigenvalue weighted by Crippen LogP contribution is 2.21. The minimum absolute atomic E-state index is 0.723. The van der Waals surface area contributed by atoms with Gasteiger partial charge in [0.2, 0.25) is 0 Å². The van der Waals surface area contributed by atoms with Crippen molar-refractivity contribution in [3.63, 3.8) is 0 Å². The van der Waals surface area contributed by atoms with Crippen LogP contribution in [0.4, 0.5) is 0 Å². The van der Waals surface area contributed by atoms with Gasteiger partial charge in [-0.1, -0.05) is 0 Å². The van der Waals surface area contributed by atoms with Gasteiger partial charge in [-0.25, -0.2) is 0 Å². The minimum Gasteiger partial charge on any atom is -0.330 e. The second-order valence-corrected chi connectivity index (χ2v) is 4.53. The van der Waals surface area contributed by atoms with Crippen molar-refractivity contribution in [2.75, 3.05) is 19.6 Å². The van der Waals surface area contributed by atoms with Crippen LogP contribution < -0.4 is 5.73 Å². The number of hydrogen-bond donors (Lipinski definition) is 1. The first-order chi connectivity index (χ1) is 6.24. The van der Waals surface area contributed by atoms with E-state index >= 15 is 0 Å². The molecule has 1 unspecified atom stereocenters. The molecule has 0 saturated carbocycles. The largest absolute Gasteiger partial charge is 0.330 e. The Morgan fingerprint density at radius 1 is 1.46 bits per heavy atom. The Bertz CT molecular complexity index is 134. The molecule has 0 aromatic heterocycles. The average Bonchev–Trinajstić information content (AvgIpc) is 2.15. The maximum atomic E-state index is 5.53. The highest BCUT2D eigenvalue weighted by Gasteiger charge is 2.20. The van der Waals surface area contributed by atoms with E-state index in [0.717, 1.165) is 18.5 Å². The summed E-state index contributed by atoms with van der Waals surface area (Å²) in [6, 6.07) is 0.723. The fourth-order valence-electron chi connectivity index (χ4n) is 2.21. The zero-order chi connectivity index (χ0) is 9.68. The Hall–Kier alpha value is -0.0800. The van der Waals surface area contributed by atoms with Crippen LogP contribution in [0.5, 0.6) is 0 Å². The molecular formula is C11H24N2. The maximum absolute atomic E-state index is 5.53. The molecule has 2 heteroatoms. The molecule has 13 heavy (non-hydrogen) atoms. The summed E-state index contributed by atoms with van der Waals surface area (Å²) < 4.78 is 0. The Morgan fingerprint density at radius 2 is 2.23 bits per heavy atom. The molecule has 1 aliphatic heterocycles. The van der Waals surface area contributed by atoms with Crippen molar-refractivity contribution in [2.45, 2.75) is 45.6 Å². The molecule has 2 nitrogen and oxygen atoms in total. The third-order valence-corrected chi connectivity index (χ3v) is 3.10. The summed E-state index contributed by atoms with van der Waals surface area (Å²) in [5, 5.41) is 0. The number of hydrogen-bond acceptors (Lipinski definition) is 2. The molecule has 1 rings (SSSR count).